The van der Waals surface area contributed by atoms with Gasteiger partial charge in [-0.15, -0.1) is 0 Å². The Morgan fingerprint density at radius 1 is 0.742 bits per heavy atom. The van der Waals surface area contributed by atoms with Gasteiger partial charge in [0.25, 0.3) is 0 Å². The summed E-state index contributed by atoms with van der Waals surface area (Å²) in [6.07, 6.45) is 15.5. The van der Waals surface area contributed by atoms with Crippen LogP contribution >= 0.6 is 0 Å². The monoisotopic (exact) mass is 464 g/mol. The average molecular weight is 465 g/mol. The highest BCUT2D eigenvalue weighted by atomic mass is 28.4. The Hall–Kier alpha value is -1.08. The van der Waals surface area contributed by atoms with E-state index >= 15 is 0 Å². The first kappa shape index (κ1) is 28.0. The second-order valence-corrected chi connectivity index (χ2v) is 19.6. The molecule has 0 spiro atoms. The van der Waals surface area contributed by atoms with E-state index in [2.05, 4.69) is 52.3 Å². The van der Waals surface area contributed by atoms with Crippen LogP contribution in [0.2, 0.25) is 39.3 Å². The maximum Gasteiger partial charge on any atom is 0.328 e. The van der Waals surface area contributed by atoms with E-state index in [1.165, 1.54) is 64.2 Å². The number of carbonyl (C=O) groups is 1. The summed E-state index contributed by atoms with van der Waals surface area (Å²) in [5, 5.41) is 0. The van der Waals surface area contributed by atoms with Crippen LogP contribution in [-0.4, -0.2) is 22.6 Å². The Morgan fingerprint density at radius 2 is 1.26 bits per heavy atom. The fourth-order valence-corrected chi connectivity index (χ4v) is 5.23. The van der Waals surface area contributed by atoms with Crippen LogP contribution in [0.3, 0.4) is 0 Å². The molecule has 0 saturated heterocycles. The molecule has 5 heteroatoms. The molecule has 0 unspecified atom stereocenters. The number of aryl methyl sites for hydroxylation is 1. The van der Waals surface area contributed by atoms with Crippen molar-refractivity contribution in [1.82, 2.24) is 0 Å². The van der Waals surface area contributed by atoms with Gasteiger partial charge >= 0.3 is 5.97 Å². The van der Waals surface area contributed by atoms with E-state index in [9.17, 15) is 4.79 Å². The molecule has 1 rings (SSSR count). The zero-order chi connectivity index (χ0) is 23.3. The van der Waals surface area contributed by atoms with Gasteiger partial charge in [0.2, 0.25) is 16.6 Å². The lowest BCUT2D eigenvalue weighted by Gasteiger charge is -2.24. The minimum absolute atomic E-state index is 0.203. The first-order chi connectivity index (χ1) is 14.5. The molecule has 0 saturated carbocycles. The molecule has 0 aromatic heterocycles. The molecule has 0 N–H and O–H groups in total. The SMILES string of the molecule is CCCCCCCCCCCCCc1cccc(O[Si](C)(C)C)c1C(=O)O[Si](C)(C)C. The third-order valence-corrected chi connectivity index (χ3v) is 6.81. The fourth-order valence-electron chi connectivity index (χ4n) is 3.74. The normalized spacial score (nSPS) is 12.1. The zero-order valence-electron chi connectivity index (χ0n) is 21.4. The van der Waals surface area contributed by atoms with Crippen LogP contribution in [0.5, 0.6) is 5.75 Å². The van der Waals surface area contributed by atoms with Crippen LogP contribution < -0.4 is 4.43 Å². The van der Waals surface area contributed by atoms with Crippen LogP contribution in [0.1, 0.15) is 93.5 Å². The lowest BCUT2D eigenvalue weighted by atomic mass is 9.99. The Balaban J connectivity index is 2.59. The van der Waals surface area contributed by atoms with Gasteiger partial charge in [0.15, 0.2) is 0 Å². The number of unbranched alkanes of at least 4 members (excludes halogenated alkanes) is 10. The number of hydrogen-bond donors (Lipinski definition) is 0. The van der Waals surface area contributed by atoms with Gasteiger partial charge in [0.1, 0.15) is 11.3 Å². The fraction of sp³-hybridized carbons (Fsp3) is 0.731. The van der Waals surface area contributed by atoms with Crippen LogP contribution in [0.25, 0.3) is 0 Å². The standard InChI is InChI=1S/C26H48O3Si2/c1-8-9-10-11-12-13-14-15-16-17-18-20-23-21-19-22-24(28-30(2,3)4)25(23)26(27)29-31(5,6)7/h19,21-22H,8-18,20H2,1-7H3. The van der Waals surface area contributed by atoms with Gasteiger partial charge in [-0.3, -0.25) is 0 Å². The second kappa shape index (κ2) is 14.1. The van der Waals surface area contributed by atoms with Gasteiger partial charge in [-0.2, -0.15) is 0 Å². The van der Waals surface area contributed by atoms with Crippen molar-refractivity contribution in [2.75, 3.05) is 0 Å². The molecule has 0 amide bonds. The van der Waals surface area contributed by atoms with Gasteiger partial charge in [-0.25, -0.2) is 4.79 Å². The molecule has 0 aliphatic carbocycles. The Labute approximate surface area is 194 Å². The van der Waals surface area contributed by atoms with Crippen molar-refractivity contribution in [2.24, 2.45) is 0 Å². The molecule has 0 radical (unpaired) electrons. The molecule has 0 aliphatic rings. The number of rotatable bonds is 16. The van der Waals surface area contributed by atoms with Crippen molar-refractivity contribution in [3.05, 3.63) is 29.3 Å². The summed E-state index contributed by atoms with van der Waals surface area (Å²) >= 11 is 0. The first-order valence-corrected chi connectivity index (χ1v) is 19.4. The van der Waals surface area contributed by atoms with Gasteiger partial charge in [-0.1, -0.05) is 83.3 Å². The Morgan fingerprint density at radius 3 is 1.74 bits per heavy atom. The predicted octanol–water partition coefficient (Wildman–Crippen LogP) is 8.75. The quantitative estimate of drug-likeness (QED) is 0.181. The minimum Gasteiger partial charge on any atom is -0.544 e. The predicted molar refractivity (Wildman–Crippen MR) is 139 cm³/mol. The summed E-state index contributed by atoms with van der Waals surface area (Å²) in [7, 11) is -3.79. The second-order valence-electron chi connectivity index (χ2n) is 10.8. The summed E-state index contributed by atoms with van der Waals surface area (Å²) in [6.45, 7) is 14.9. The highest BCUT2D eigenvalue weighted by Gasteiger charge is 2.27. The maximum atomic E-state index is 13.0. The van der Waals surface area contributed by atoms with Crippen LogP contribution in [0.4, 0.5) is 0 Å². The molecule has 178 valence electrons. The highest BCUT2D eigenvalue weighted by molar-refractivity contribution is 6.71. The summed E-state index contributed by atoms with van der Waals surface area (Å²) in [5.41, 5.74) is 1.74. The number of hydrogen-bond acceptors (Lipinski definition) is 3. The highest BCUT2D eigenvalue weighted by Crippen LogP contribution is 2.28. The third-order valence-electron chi connectivity index (χ3n) is 5.18. The Kier molecular flexibility index (Phi) is 12.8. The van der Waals surface area contributed by atoms with Gasteiger partial charge < -0.3 is 8.85 Å². The lowest BCUT2D eigenvalue weighted by molar-refractivity contribution is 0.0721. The van der Waals surface area contributed by atoms with Crippen LogP contribution in [0, 0.1) is 0 Å². The molecule has 3 nitrogen and oxygen atoms in total. The maximum absolute atomic E-state index is 13.0. The molecule has 31 heavy (non-hydrogen) atoms. The van der Waals surface area contributed by atoms with E-state index < -0.39 is 16.6 Å². The van der Waals surface area contributed by atoms with E-state index in [4.69, 9.17) is 8.85 Å². The van der Waals surface area contributed by atoms with Crippen LogP contribution in [0.15, 0.2) is 18.2 Å². The molecule has 0 aliphatic heterocycles. The smallest absolute Gasteiger partial charge is 0.328 e. The van der Waals surface area contributed by atoms with Crippen molar-refractivity contribution in [2.45, 2.75) is 123 Å². The Bertz CT molecular complexity index is 645. The molecule has 1 aromatic rings. The van der Waals surface area contributed by atoms with E-state index in [1.54, 1.807) is 0 Å². The average Bonchev–Trinajstić information content (AvgIpc) is 2.63. The first-order valence-electron chi connectivity index (χ1n) is 12.6. The summed E-state index contributed by atoms with van der Waals surface area (Å²) in [5.74, 6) is 0.508. The number of carbonyl (C=O) groups excluding carboxylic acids is 1. The van der Waals surface area contributed by atoms with Crippen LogP contribution in [-0.2, 0) is 10.8 Å². The van der Waals surface area contributed by atoms with Gasteiger partial charge in [0.05, 0.1) is 0 Å². The summed E-state index contributed by atoms with van der Waals surface area (Å²) in [4.78, 5) is 13.0. The van der Waals surface area contributed by atoms with E-state index in [0.717, 1.165) is 18.4 Å². The molecule has 0 fully saturated rings. The van der Waals surface area contributed by atoms with Crippen molar-refractivity contribution >= 4 is 22.6 Å². The number of benzene rings is 1. The van der Waals surface area contributed by atoms with Crippen molar-refractivity contribution in [3.8, 4) is 5.75 Å². The summed E-state index contributed by atoms with van der Waals surface area (Å²) in [6, 6.07) is 6.03. The zero-order valence-corrected chi connectivity index (χ0v) is 23.4. The van der Waals surface area contributed by atoms with Gasteiger partial charge in [0, 0.05) is 0 Å². The van der Waals surface area contributed by atoms with Crippen molar-refractivity contribution < 1.29 is 13.6 Å². The lowest BCUT2D eigenvalue weighted by Crippen LogP contribution is -2.32. The van der Waals surface area contributed by atoms with Crippen molar-refractivity contribution in [3.63, 3.8) is 0 Å². The summed E-state index contributed by atoms with van der Waals surface area (Å²) < 4.78 is 12.1. The van der Waals surface area contributed by atoms with Crippen molar-refractivity contribution in [1.29, 1.82) is 0 Å². The molecule has 0 bridgehead atoms. The molecular weight excluding hydrogens is 416 g/mol. The van der Waals surface area contributed by atoms with Gasteiger partial charge in [-0.05, 0) is 63.8 Å². The molecule has 0 heterocycles. The minimum atomic E-state index is -1.97. The van der Waals surface area contributed by atoms with E-state index in [0.29, 0.717) is 11.3 Å². The molecular formula is C26H48O3Si2. The van der Waals surface area contributed by atoms with E-state index in [-0.39, 0.29) is 5.97 Å². The molecule has 1 aromatic carbocycles. The largest absolute Gasteiger partial charge is 0.544 e. The topological polar surface area (TPSA) is 35.5 Å². The van der Waals surface area contributed by atoms with E-state index in [1.807, 2.05) is 12.1 Å². The molecule has 0 atom stereocenters. The third kappa shape index (κ3) is 13.2.